The predicted octanol–water partition coefficient (Wildman–Crippen LogP) is 3.51. The van der Waals surface area contributed by atoms with E-state index in [1.165, 1.54) is 16.7 Å². The Bertz CT molecular complexity index is 620. The summed E-state index contributed by atoms with van der Waals surface area (Å²) in [5, 5.41) is 10.8. The minimum absolute atomic E-state index is 0.0522. The molecule has 21 heavy (non-hydrogen) atoms. The Hall–Kier alpha value is -1.64. The highest BCUT2D eigenvalue weighted by atomic mass is 16.3. The third-order valence-electron chi connectivity index (χ3n) is 4.76. The molecule has 1 aliphatic carbocycles. The van der Waals surface area contributed by atoms with Gasteiger partial charge in [0.05, 0.1) is 12.1 Å². The van der Waals surface area contributed by atoms with Crippen molar-refractivity contribution < 1.29 is 5.11 Å². The lowest BCUT2D eigenvalue weighted by Gasteiger charge is -2.32. The number of nitrogens with zero attached hydrogens (tertiary/aromatic N) is 1. The van der Waals surface area contributed by atoms with Crippen LogP contribution in [0.3, 0.4) is 0 Å². The first-order chi connectivity index (χ1) is 10.0. The van der Waals surface area contributed by atoms with E-state index in [1.54, 1.807) is 0 Å². The van der Waals surface area contributed by atoms with Crippen LogP contribution in [0, 0.1) is 0 Å². The zero-order valence-electron chi connectivity index (χ0n) is 13.0. The minimum atomic E-state index is -0.386. The summed E-state index contributed by atoms with van der Waals surface area (Å²) >= 11 is 0. The molecule has 2 aromatic carbocycles. The van der Waals surface area contributed by atoms with Crippen molar-refractivity contribution in [1.82, 2.24) is 4.90 Å². The topological polar surface area (TPSA) is 23.5 Å². The summed E-state index contributed by atoms with van der Waals surface area (Å²) in [6, 6.07) is 18.9. The second-order valence-corrected chi connectivity index (χ2v) is 6.60. The van der Waals surface area contributed by atoms with E-state index in [-0.39, 0.29) is 17.6 Å². The van der Waals surface area contributed by atoms with Gasteiger partial charge >= 0.3 is 0 Å². The van der Waals surface area contributed by atoms with Crippen molar-refractivity contribution in [1.29, 1.82) is 0 Å². The molecular formula is C19H23NO. The van der Waals surface area contributed by atoms with Crippen LogP contribution in [-0.4, -0.2) is 23.2 Å². The molecule has 110 valence electrons. The fourth-order valence-corrected chi connectivity index (χ4v) is 3.51. The molecule has 3 rings (SSSR count). The predicted molar refractivity (Wildman–Crippen MR) is 86.1 cm³/mol. The third kappa shape index (κ3) is 2.39. The molecule has 0 aromatic heterocycles. The van der Waals surface area contributed by atoms with Gasteiger partial charge in [0.15, 0.2) is 0 Å². The van der Waals surface area contributed by atoms with Crippen LogP contribution >= 0.6 is 0 Å². The maximum atomic E-state index is 10.8. The molecule has 2 atom stereocenters. The van der Waals surface area contributed by atoms with Crippen LogP contribution in [0.15, 0.2) is 54.6 Å². The smallest absolute Gasteiger partial charge is 0.0828 e. The Labute approximate surface area is 127 Å². The van der Waals surface area contributed by atoms with Crippen molar-refractivity contribution in [3.05, 3.63) is 71.3 Å². The van der Waals surface area contributed by atoms with E-state index < -0.39 is 0 Å². The maximum Gasteiger partial charge on any atom is 0.0828 e. The molecule has 0 saturated heterocycles. The van der Waals surface area contributed by atoms with Crippen LogP contribution < -0.4 is 0 Å². The van der Waals surface area contributed by atoms with Crippen molar-refractivity contribution in [2.75, 3.05) is 7.05 Å². The van der Waals surface area contributed by atoms with Gasteiger partial charge in [0.1, 0.15) is 0 Å². The summed E-state index contributed by atoms with van der Waals surface area (Å²) in [7, 11) is 2.10. The first-order valence-electron chi connectivity index (χ1n) is 7.53. The zero-order valence-corrected chi connectivity index (χ0v) is 13.0. The lowest BCUT2D eigenvalue weighted by atomic mass is 9.84. The van der Waals surface area contributed by atoms with E-state index in [9.17, 15) is 5.11 Å². The Balaban J connectivity index is 1.92. The highest BCUT2D eigenvalue weighted by molar-refractivity contribution is 5.43. The average molecular weight is 281 g/mol. The van der Waals surface area contributed by atoms with Crippen molar-refractivity contribution in [3.8, 4) is 0 Å². The monoisotopic (exact) mass is 281 g/mol. The van der Waals surface area contributed by atoms with Crippen molar-refractivity contribution in [3.63, 3.8) is 0 Å². The standard InChI is InChI=1S/C19H23NO/c1-19(2)16-12-8-7-11-15(16)17(18(19)21)20(3)13-14-9-5-4-6-10-14/h4-12,17-18,21H,13H2,1-3H3. The Morgan fingerprint density at radius 1 is 1.00 bits per heavy atom. The third-order valence-corrected chi connectivity index (χ3v) is 4.76. The van der Waals surface area contributed by atoms with Gasteiger partial charge in [0.2, 0.25) is 0 Å². The molecule has 1 N–H and O–H groups in total. The fourth-order valence-electron chi connectivity index (χ4n) is 3.51. The highest BCUT2D eigenvalue weighted by Gasteiger charge is 2.46. The van der Waals surface area contributed by atoms with Gasteiger partial charge in [-0.1, -0.05) is 68.4 Å². The molecule has 2 unspecified atom stereocenters. The maximum absolute atomic E-state index is 10.8. The number of rotatable bonds is 3. The van der Waals surface area contributed by atoms with E-state index in [1.807, 2.05) is 6.07 Å². The number of benzene rings is 2. The number of fused-ring (bicyclic) bond motifs is 1. The number of likely N-dealkylation sites (N-methyl/N-ethyl adjacent to an activating group) is 1. The minimum Gasteiger partial charge on any atom is -0.390 e. The van der Waals surface area contributed by atoms with E-state index in [4.69, 9.17) is 0 Å². The van der Waals surface area contributed by atoms with Gasteiger partial charge in [0, 0.05) is 12.0 Å². The quantitative estimate of drug-likeness (QED) is 0.930. The van der Waals surface area contributed by atoms with E-state index in [0.717, 1.165) is 6.54 Å². The lowest BCUT2D eigenvalue weighted by Crippen LogP contribution is -2.38. The second kappa shape index (κ2) is 5.28. The Morgan fingerprint density at radius 3 is 2.33 bits per heavy atom. The summed E-state index contributed by atoms with van der Waals surface area (Å²) in [6.45, 7) is 5.10. The van der Waals surface area contributed by atoms with Crippen molar-refractivity contribution in [2.45, 2.75) is 38.0 Å². The number of aliphatic hydroxyl groups is 1. The summed E-state index contributed by atoms with van der Waals surface area (Å²) in [5.41, 5.74) is 3.59. The molecule has 2 nitrogen and oxygen atoms in total. The first-order valence-corrected chi connectivity index (χ1v) is 7.53. The van der Waals surface area contributed by atoms with Crippen molar-refractivity contribution in [2.24, 2.45) is 0 Å². The normalized spacial score (nSPS) is 23.3. The number of aliphatic hydroxyl groups excluding tert-OH is 1. The fraction of sp³-hybridized carbons (Fsp3) is 0.368. The molecule has 0 bridgehead atoms. The van der Waals surface area contributed by atoms with Gasteiger partial charge in [0.25, 0.3) is 0 Å². The molecule has 2 heteroatoms. The van der Waals surface area contributed by atoms with Gasteiger partial charge in [-0.25, -0.2) is 0 Å². The molecule has 0 radical (unpaired) electrons. The first kappa shape index (κ1) is 14.3. The summed E-state index contributed by atoms with van der Waals surface area (Å²) in [6.07, 6.45) is -0.386. The summed E-state index contributed by atoms with van der Waals surface area (Å²) in [5.74, 6) is 0. The number of hydrogen-bond donors (Lipinski definition) is 1. The molecule has 1 aliphatic rings. The summed E-state index contributed by atoms with van der Waals surface area (Å²) < 4.78 is 0. The molecule has 0 spiro atoms. The van der Waals surface area contributed by atoms with E-state index >= 15 is 0 Å². The Kier molecular flexibility index (Phi) is 3.60. The van der Waals surface area contributed by atoms with Gasteiger partial charge in [-0.05, 0) is 23.7 Å². The molecule has 0 heterocycles. The molecule has 0 aliphatic heterocycles. The largest absolute Gasteiger partial charge is 0.390 e. The van der Waals surface area contributed by atoms with Crippen LogP contribution in [0.2, 0.25) is 0 Å². The molecular weight excluding hydrogens is 258 g/mol. The molecule has 0 amide bonds. The molecule has 0 saturated carbocycles. The number of hydrogen-bond acceptors (Lipinski definition) is 2. The van der Waals surface area contributed by atoms with Gasteiger partial charge in [-0.3, -0.25) is 4.90 Å². The van der Waals surface area contributed by atoms with Crippen molar-refractivity contribution >= 4 is 0 Å². The molecule has 2 aromatic rings. The molecule has 0 fully saturated rings. The van der Waals surface area contributed by atoms with Crippen LogP contribution in [0.4, 0.5) is 0 Å². The van der Waals surface area contributed by atoms with Crippen LogP contribution in [0.5, 0.6) is 0 Å². The lowest BCUT2D eigenvalue weighted by molar-refractivity contribution is 0.0285. The highest BCUT2D eigenvalue weighted by Crippen LogP contribution is 2.47. The van der Waals surface area contributed by atoms with Crippen LogP contribution in [0.1, 0.15) is 36.6 Å². The van der Waals surface area contributed by atoms with E-state index in [0.29, 0.717) is 0 Å². The van der Waals surface area contributed by atoms with Gasteiger partial charge < -0.3 is 5.11 Å². The SMILES string of the molecule is CN(Cc1ccccc1)C1c2ccccc2C(C)(C)C1O. The Morgan fingerprint density at radius 2 is 1.62 bits per heavy atom. The van der Waals surface area contributed by atoms with E-state index in [2.05, 4.69) is 74.3 Å². The van der Waals surface area contributed by atoms with Crippen LogP contribution in [0.25, 0.3) is 0 Å². The zero-order chi connectivity index (χ0) is 15.0. The average Bonchev–Trinajstić information content (AvgIpc) is 2.68. The van der Waals surface area contributed by atoms with Crippen LogP contribution in [-0.2, 0) is 12.0 Å². The second-order valence-electron chi connectivity index (χ2n) is 6.60. The van der Waals surface area contributed by atoms with Gasteiger partial charge in [-0.15, -0.1) is 0 Å². The van der Waals surface area contributed by atoms with Gasteiger partial charge in [-0.2, -0.15) is 0 Å². The summed E-state index contributed by atoms with van der Waals surface area (Å²) in [4.78, 5) is 2.26.